The summed E-state index contributed by atoms with van der Waals surface area (Å²) < 4.78 is 11.1. The van der Waals surface area contributed by atoms with Gasteiger partial charge in [0, 0.05) is 17.9 Å². The van der Waals surface area contributed by atoms with E-state index in [9.17, 15) is 4.79 Å². The third kappa shape index (κ3) is 2.83. The number of nitrogens with one attached hydrogen (secondary N) is 1. The second-order valence-electron chi connectivity index (χ2n) is 5.56. The molecule has 0 aliphatic carbocycles. The SMILES string of the molecule is O=C(Nc1ccc(-c2nc3ccccc3o2)cc1)[C@@H]1CCCO1. The fourth-order valence-electron chi connectivity index (χ4n) is 2.70. The summed E-state index contributed by atoms with van der Waals surface area (Å²) in [5.74, 6) is 0.486. The van der Waals surface area contributed by atoms with Crippen LogP contribution in [0.1, 0.15) is 12.8 Å². The zero-order valence-electron chi connectivity index (χ0n) is 12.5. The van der Waals surface area contributed by atoms with Crippen LogP contribution in [0.25, 0.3) is 22.6 Å². The molecule has 0 saturated carbocycles. The van der Waals surface area contributed by atoms with Crippen LogP contribution in [0.4, 0.5) is 5.69 Å². The maximum Gasteiger partial charge on any atom is 0.253 e. The lowest BCUT2D eigenvalue weighted by molar-refractivity contribution is -0.124. The van der Waals surface area contributed by atoms with Gasteiger partial charge in [-0.15, -0.1) is 0 Å². The van der Waals surface area contributed by atoms with Crippen molar-refractivity contribution >= 4 is 22.7 Å². The van der Waals surface area contributed by atoms with Gasteiger partial charge in [-0.25, -0.2) is 4.98 Å². The fourth-order valence-corrected chi connectivity index (χ4v) is 2.70. The predicted octanol–water partition coefficient (Wildman–Crippen LogP) is 3.61. The van der Waals surface area contributed by atoms with Crippen LogP contribution in [-0.4, -0.2) is 23.6 Å². The Labute approximate surface area is 133 Å². The highest BCUT2D eigenvalue weighted by Gasteiger charge is 2.23. The van der Waals surface area contributed by atoms with E-state index in [2.05, 4.69) is 10.3 Å². The molecular formula is C18H16N2O3. The van der Waals surface area contributed by atoms with E-state index >= 15 is 0 Å². The van der Waals surface area contributed by atoms with E-state index in [1.165, 1.54) is 0 Å². The van der Waals surface area contributed by atoms with Gasteiger partial charge in [0.2, 0.25) is 5.89 Å². The van der Waals surface area contributed by atoms with Gasteiger partial charge in [-0.2, -0.15) is 0 Å². The number of fused-ring (bicyclic) bond motifs is 1. The average Bonchev–Trinajstić information content (AvgIpc) is 3.25. The number of ether oxygens (including phenoxy) is 1. The molecule has 4 rings (SSSR count). The van der Waals surface area contributed by atoms with Crippen molar-refractivity contribution in [3.05, 3.63) is 48.5 Å². The van der Waals surface area contributed by atoms with E-state index in [1.807, 2.05) is 48.5 Å². The molecular weight excluding hydrogens is 292 g/mol. The summed E-state index contributed by atoms with van der Waals surface area (Å²) in [6, 6.07) is 15.1. The maximum atomic E-state index is 12.0. The van der Waals surface area contributed by atoms with Crippen molar-refractivity contribution in [3.63, 3.8) is 0 Å². The lowest BCUT2D eigenvalue weighted by Gasteiger charge is -2.10. The number of rotatable bonds is 3. The van der Waals surface area contributed by atoms with Crippen molar-refractivity contribution in [3.8, 4) is 11.5 Å². The first-order chi connectivity index (χ1) is 11.3. The molecule has 5 nitrogen and oxygen atoms in total. The smallest absolute Gasteiger partial charge is 0.253 e. The lowest BCUT2D eigenvalue weighted by atomic mass is 10.2. The van der Waals surface area contributed by atoms with Crippen LogP contribution in [0.2, 0.25) is 0 Å². The normalized spacial score (nSPS) is 17.5. The summed E-state index contributed by atoms with van der Waals surface area (Å²) in [5, 5.41) is 2.87. The number of para-hydroxylation sites is 2. The Kier molecular flexibility index (Phi) is 3.55. The molecule has 1 aromatic heterocycles. The topological polar surface area (TPSA) is 64.4 Å². The second-order valence-corrected chi connectivity index (χ2v) is 5.56. The first kappa shape index (κ1) is 14.0. The molecule has 5 heteroatoms. The number of hydrogen-bond acceptors (Lipinski definition) is 4. The largest absolute Gasteiger partial charge is 0.436 e. The summed E-state index contributed by atoms with van der Waals surface area (Å²) in [6.45, 7) is 0.661. The minimum absolute atomic E-state index is 0.0860. The number of nitrogens with zero attached hydrogens (tertiary/aromatic N) is 1. The molecule has 0 bridgehead atoms. The Bertz CT molecular complexity index is 800. The molecule has 1 saturated heterocycles. The Morgan fingerprint density at radius 1 is 1.13 bits per heavy atom. The molecule has 1 aliphatic heterocycles. The number of anilines is 1. The van der Waals surface area contributed by atoms with E-state index in [0.717, 1.165) is 35.2 Å². The second kappa shape index (κ2) is 5.85. The van der Waals surface area contributed by atoms with E-state index in [4.69, 9.17) is 9.15 Å². The Morgan fingerprint density at radius 3 is 2.70 bits per heavy atom. The molecule has 1 aliphatic rings. The Balaban J connectivity index is 1.52. The summed E-state index contributed by atoms with van der Waals surface area (Å²) in [4.78, 5) is 16.5. The van der Waals surface area contributed by atoms with Crippen molar-refractivity contribution in [1.29, 1.82) is 0 Å². The van der Waals surface area contributed by atoms with Gasteiger partial charge in [-0.05, 0) is 49.2 Å². The lowest BCUT2D eigenvalue weighted by Crippen LogP contribution is -2.26. The predicted molar refractivity (Wildman–Crippen MR) is 87.0 cm³/mol. The van der Waals surface area contributed by atoms with Gasteiger partial charge < -0.3 is 14.5 Å². The molecule has 23 heavy (non-hydrogen) atoms. The van der Waals surface area contributed by atoms with E-state index < -0.39 is 0 Å². The number of benzene rings is 2. The molecule has 1 atom stereocenters. The van der Waals surface area contributed by atoms with Crippen molar-refractivity contribution in [1.82, 2.24) is 4.98 Å². The zero-order chi connectivity index (χ0) is 15.6. The third-order valence-electron chi connectivity index (χ3n) is 3.92. The molecule has 1 fully saturated rings. The third-order valence-corrected chi connectivity index (χ3v) is 3.92. The van der Waals surface area contributed by atoms with E-state index in [-0.39, 0.29) is 12.0 Å². The molecule has 0 spiro atoms. The Hall–Kier alpha value is -2.66. The number of hydrogen-bond donors (Lipinski definition) is 1. The Morgan fingerprint density at radius 2 is 1.96 bits per heavy atom. The average molecular weight is 308 g/mol. The van der Waals surface area contributed by atoms with Crippen molar-refractivity contribution in [2.24, 2.45) is 0 Å². The van der Waals surface area contributed by atoms with Crippen molar-refractivity contribution in [2.45, 2.75) is 18.9 Å². The first-order valence-corrected chi connectivity index (χ1v) is 7.68. The maximum absolute atomic E-state index is 12.0. The number of carbonyl (C=O) groups is 1. The van der Waals surface area contributed by atoms with Crippen LogP contribution in [0.3, 0.4) is 0 Å². The molecule has 3 aromatic rings. The number of aromatic nitrogens is 1. The van der Waals surface area contributed by atoms with E-state index in [0.29, 0.717) is 12.5 Å². The standard InChI is InChI=1S/C18H16N2O3/c21-17(16-6-3-11-22-16)19-13-9-7-12(8-10-13)18-20-14-4-1-2-5-15(14)23-18/h1-2,4-5,7-10,16H,3,6,11H2,(H,19,21)/t16-/m0/s1. The van der Waals surface area contributed by atoms with Gasteiger partial charge in [0.05, 0.1) is 0 Å². The zero-order valence-corrected chi connectivity index (χ0v) is 12.5. The van der Waals surface area contributed by atoms with Crippen LogP contribution in [-0.2, 0) is 9.53 Å². The molecule has 0 radical (unpaired) electrons. The highest BCUT2D eigenvalue weighted by molar-refractivity contribution is 5.94. The summed E-state index contributed by atoms with van der Waals surface area (Å²) in [6.07, 6.45) is 1.40. The van der Waals surface area contributed by atoms with Crippen LogP contribution in [0.5, 0.6) is 0 Å². The van der Waals surface area contributed by atoms with Gasteiger partial charge in [-0.1, -0.05) is 12.1 Å². The van der Waals surface area contributed by atoms with E-state index in [1.54, 1.807) is 0 Å². The van der Waals surface area contributed by atoms with Crippen LogP contribution >= 0.6 is 0 Å². The molecule has 2 aromatic carbocycles. The quantitative estimate of drug-likeness (QED) is 0.802. The number of oxazole rings is 1. The monoisotopic (exact) mass is 308 g/mol. The highest BCUT2D eigenvalue weighted by Crippen LogP contribution is 2.25. The highest BCUT2D eigenvalue weighted by atomic mass is 16.5. The number of amides is 1. The molecule has 2 heterocycles. The molecule has 116 valence electrons. The van der Waals surface area contributed by atoms with Gasteiger partial charge in [0.25, 0.3) is 5.91 Å². The summed E-state index contributed by atoms with van der Waals surface area (Å²) in [5.41, 5.74) is 3.21. The molecule has 1 N–H and O–H groups in total. The van der Waals surface area contributed by atoms with Crippen LogP contribution in [0, 0.1) is 0 Å². The molecule has 0 unspecified atom stereocenters. The number of carbonyl (C=O) groups excluding carboxylic acids is 1. The van der Waals surface area contributed by atoms with Crippen LogP contribution in [0.15, 0.2) is 52.9 Å². The van der Waals surface area contributed by atoms with Crippen LogP contribution < -0.4 is 5.32 Å². The summed E-state index contributed by atoms with van der Waals surface area (Å²) in [7, 11) is 0. The van der Waals surface area contributed by atoms with Gasteiger partial charge in [0.15, 0.2) is 5.58 Å². The van der Waals surface area contributed by atoms with Crippen molar-refractivity contribution in [2.75, 3.05) is 11.9 Å². The van der Waals surface area contributed by atoms with Crippen molar-refractivity contribution < 1.29 is 13.9 Å². The van der Waals surface area contributed by atoms with Gasteiger partial charge >= 0.3 is 0 Å². The van der Waals surface area contributed by atoms with Gasteiger partial charge in [0.1, 0.15) is 11.6 Å². The minimum Gasteiger partial charge on any atom is -0.436 e. The fraction of sp³-hybridized carbons (Fsp3) is 0.222. The summed E-state index contributed by atoms with van der Waals surface area (Å²) >= 11 is 0. The minimum atomic E-state index is -0.327. The van der Waals surface area contributed by atoms with Gasteiger partial charge in [-0.3, -0.25) is 4.79 Å². The first-order valence-electron chi connectivity index (χ1n) is 7.68. The molecule has 1 amide bonds.